The molecule has 1 aliphatic heterocycles. The smallest absolute Gasteiger partial charge is 0.469 e. The summed E-state index contributed by atoms with van der Waals surface area (Å²) in [7, 11) is -4.83. The topological polar surface area (TPSA) is 250 Å². The lowest BCUT2D eigenvalue weighted by molar-refractivity contribution is -0.139. The third-order valence-electron chi connectivity index (χ3n) is 4.63. The Morgan fingerprint density at radius 1 is 1.38 bits per heavy atom. The van der Waals surface area contributed by atoms with Gasteiger partial charge in [-0.3, -0.25) is 23.7 Å². The largest absolute Gasteiger partial charge is 0.481 e. The number of ether oxygens (including phenoxy) is 1. The molecule has 0 spiro atoms. The van der Waals surface area contributed by atoms with Crippen LogP contribution in [-0.2, 0) is 18.6 Å². The molecule has 1 aliphatic rings. The zero-order chi connectivity index (χ0) is 23.6. The molecule has 0 bridgehead atoms. The van der Waals surface area contributed by atoms with Crippen LogP contribution in [0.25, 0.3) is 11.2 Å². The second-order valence-corrected chi connectivity index (χ2v) is 8.28. The van der Waals surface area contributed by atoms with Gasteiger partial charge in [0.05, 0.1) is 25.5 Å². The monoisotopic (exact) mass is 479 g/mol. The van der Waals surface area contributed by atoms with Crippen LogP contribution in [0.1, 0.15) is 19.1 Å². The molecule has 0 saturated carbocycles. The zero-order valence-corrected chi connectivity index (χ0v) is 17.2. The number of phosphoric ester groups is 1. The van der Waals surface area contributed by atoms with Crippen LogP contribution < -0.4 is 10.9 Å². The molecule has 1 saturated heterocycles. The predicted octanol–water partition coefficient (Wildman–Crippen LogP) is -2.51. The first-order valence-corrected chi connectivity index (χ1v) is 10.8. The summed E-state index contributed by atoms with van der Waals surface area (Å²) in [5.74, 6) is -1.18. The summed E-state index contributed by atoms with van der Waals surface area (Å²) in [5.41, 5.74) is -0.784. The molecule has 3 rings (SSSR count). The van der Waals surface area contributed by atoms with E-state index in [1.54, 1.807) is 0 Å². The molecule has 5 atom stereocenters. The zero-order valence-electron chi connectivity index (χ0n) is 16.3. The average Bonchev–Trinajstić information content (AvgIpc) is 3.21. The van der Waals surface area contributed by atoms with Crippen molar-refractivity contribution in [3.05, 3.63) is 16.7 Å². The van der Waals surface area contributed by atoms with Crippen molar-refractivity contribution in [2.75, 3.05) is 18.5 Å². The quantitative estimate of drug-likeness (QED) is 0.164. The first-order valence-electron chi connectivity index (χ1n) is 9.28. The molecular weight excluding hydrogens is 457 g/mol. The van der Waals surface area contributed by atoms with Gasteiger partial charge in [-0.1, -0.05) is 0 Å². The Morgan fingerprint density at radius 2 is 2.09 bits per heavy atom. The molecule has 16 nitrogen and oxygen atoms in total. The standard InChI is InChI=1S/C15H22N5O11P/c21-6(3-8(22)23)1-2-16-15-18-12-9(13(26)19-15)17-5-20(12)14-11(25)10(24)7(31-14)4-30-32(27,28)29/h5-7,10-11,14,21,24-25H,1-4H2,(H,22,23)(H2,27,28,29)(H2,16,18,19,26)/t6?,7-,10-,11-,14-/m1/s1. The number of imidazole rings is 1. The average molecular weight is 479 g/mol. The number of aromatic amines is 1. The van der Waals surface area contributed by atoms with Crippen molar-refractivity contribution >= 4 is 30.9 Å². The number of aliphatic hydroxyl groups excluding tert-OH is 3. The molecule has 0 amide bonds. The number of H-pyrrole nitrogens is 1. The molecule has 178 valence electrons. The number of carboxylic acids is 1. The minimum Gasteiger partial charge on any atom is -0.481 e. The Kier molecular flexibility index (Phi) is 7.26. The molecule has 3 heterocycles. The molecule has 2 aromatic heterocycles. The van der Waals surface area contributed by atoms with E-state index in [2.05, 4.69) is 24.8 Å². The van der Waals surface area contributed by atoms with Crippen molar-refractivity contribution < 1.29 is 48.8 Å². The van der Waals surface area contributed by atoms with Gasteiger partial charge in [-0.2, -0.15) is 4.98 Å². The molecular formula is C15H22N5O11P. The molecule has 0 aromatic carbocycles. The fourth-order valence-electron chi connectivity index (χ4n) is 3.12. The van der Waals surface area contributed by atoms with Crippen molar-refractivity contribution in [2.45, 2.75) is 43.5 Å². The van der Waals surface area contributed by atoms with Gasteiger partial charge in [-0.05, 0) is 6.42 Å². The van der Waals surface area contributed by atoms with Crippen molar-refractivity contribution in [2.24, 2.45) is 0 Å². The van der Waals surface area contributed by atoms with Crippen molar-refractivity contribution in [3.8, 4) is 0 Å². The van der Waals surface area contributed by atoms with Gasteiger partial charge in [0.25, 0.3) is 5.56 Å². The van der Waals surface area contributed by atoms with Crippen LogP contribution in [0.15, 0.2) is 11.1 Å². The number of nitrogens with one attached hydrogen (secondary N) is 2. The summed E-state index contributed by atoms with van der Waals surface area (Å²) in [5, 5.41) is 41.4. The molecule has 0 radical (unpaired) electrons. The molecule has 1 fully saturated rings. The second kappa shape index (κ2) is 9.60. The fourth-order valence-corrected chi connectivity index (χ4v) is 3.47. The Labute approximate surface area is 178 Å². The Balaban J connectivity index is 1.77. The maximum Gasteiger partial charge on any atom is 0.469 e. The summed E-state index contributed by atoms with van der Waals surface area (Å²) in [6.07, 6.45) is -6.03. The van der Waals surface area contributed by atoms with Crippen molar-refractivity contribution in [1.29, 1.82) is 0 Å². The van der Waals surface area contributed by atoms with Gasteiger partial charge in [-0.15, -0.1) is 0 Å². The van der Waals surface area contributed by atoms with E-state index in [1.165, 1.54) is 4.57 Å². The minimum absolute atomic E-state index is 0.0267. The SMILES string of the molecule is O=C(O)CC(O)CCNc1nc2c(ncn2[C@@H]2O[C@H](COP(=O)(O)O)[C@@H](O)[C@H]2O)c(=O)[nH]1. The number of fused-ring (bicyclic) bond motifs is 1. The van der Waals surface area contributed by atoms with Crippen molar-refractivity contribution in [3.63, 3.8) is 0 Å². The first kappa shape index (κ1) is 24.2. The minimum atomic E-state index is -4.83. The number of carboxylic acid groups (broad SMARTS) is 1. The molecule has 17 heteroatoms. The predicted molar refractivity (Wildman–Crippen MR) is 103 cm³/mol. The third-order valence-corrected chi connectivity index (χ3v) is 5.12. The van der Waals surface area contributed by atoms with E-state index in [0.29, 0.717) is 0 Å². The Hall–Kier alpha value is -2.43. The van der Waals surface area contributed by atoms with E-state index in [0.717, 1.165) is 6.33 Å². The summed E-state index contributed by atoms with van der Waals surface area (Å²) in [6, 6.07) is 0. The molecule has 0 aliphatic carbocycles. The van der Waals surface area contributed by atoms with E-state index >= 15 is 0 Å². The Bertz CT molecular complexity index is 1070. The van der Waals surface area contributed by atoms with E-state index < -0.39 is 63.0 Å². The van der Waals surface area contributed by atoms with Crippen LogP contribution in [0.5, 0.6) is 0 Å². The number of carbonyl (C=O) groups is 1. The van der Waals surface area contributed by atoms with Gasteiger partial charge in [0.2, 0.25) is 5.95 Å². The van der Waals surface area contributed by atoms with E-state index in [9.17, 15) is 29.5 Å². The first-order chi connectivity index (χ1) is 15.0. The number of aromatic nitrogens is 4. The highest BCUT2D eigenvalue weighted by Gasteiger charge is 2.45. The number of anilines is 1. The van der Waals surface area contributed by atoms with Gasteiger partial charge >= 0.3 is 13.8 Å². The summed E-state index contributed by atoms with van der Waals surface area (Å²) >= 11 is 0. The maximum atomic E-state index is 12.3. The van der Waals surface area contributed by atoms with Gasteiger partial charge in [0, 0.05) is 6.54 Å². The van der Waals surface area contributed by atoms with Gasteiger partial charge < -0.3 is 40.3 Å². The lowest BCUT2D eigenvalue weighted by Gasteiger charge is -2.17. The highest BCUT2D eigenvalue weighted by atomic mass is 31.2. The maximum absolute atomic E-state index is 12.3. The fraction of sp³-hybridized carbons (Fsp3) is 0.600. The number of hydrogen-bond acceptors (Lipinski definition) is 11. The van der Waals surface area contributed by atoms with Gasteiger partial charge in [0.15, 0.2) is 17.4 Å². The summed E-state index contributed by atoms with van der Waals surface area (Å²) in [4.78, 5) is 51.0. The van der Waals surface area contributed by atoms with Crippen LogP contribution in [-0.4, -0.2) is 93.3 Å². The normalized spacial score (nSPS) is 24.7. The lowest BCUT2D eigenvalue weighted by atomic mass is 10.1. The number of phosphoric acid groups is 1. The van der Waals surface area contributed by atoms with Gasteiger partial charge in [-0.25, -0.2) is 9.55 Å². The lowest BCUT2D eigenvalue weighted by Crippen LogP contribution is -2.33. The number of aliphatic hydroxyl groups is 3. The summed E-state index contributed by atoms with van der Waals surface area (Å²) < 4.78 is 21.8. The van der Waals surface area contributed by atoms with E-state index in [4.69, 9.17) is 19.6 Å². The van der Waals surface area contributed by atoms with Crippen molar-refractivity contribution in [1.82, 2.24) is 19.5 Å². The second-order valence-electron chi connectivity index (χ2n) is 7.04. The number of nitrogens with zero attached hydrogens (tertiary/aromatic N) is 3. The third kappa shape index (κ3) is 5.67. The van der Waals surface area contributed by atoms with Crippen LogP contribution in [0.4, 0.5) is 5.95 Å². The molecule has 8 N–H and O–H groups in total. The van der Waals surface area contributed by atoms with Crippen LogP contribution in [0.3, 0.4) is 0 Å². The number of aliphatic carboxylic acids is 1. The molecule has 2 aromatic rings. The number of rotatable bonds is 10. The molecule has 1 unspecified atom stereocenters. The van der Waals surface area contributed by atoms with Crippen LogP contribution in [0, 0.1) is 0 Å². The molecule has 32 heavy (non-hydrogen) atoms. The van der Waals surface area contributed by atoms with Gasteiger partial charge in [0.1, 0.15) is 18.3 Å². The number of hydrogen-bond donors (Lipinski definition) is 8. The highest BCUT2D eigenvalue weighted by molar-refractivity contribution is 7.46. The Morgan fingerprint density at radius 3 is 2.75 bits per heavy atom. The summed E-state index contributed by atoms with van der Waals surface area (Å²) in [6.45, 7) is -0.620. The van der Waals surface area contributed by atoms with E-state index in [1.807, 2.05) is 0 Å². The highest BCUT2D eigenvalue weighted by Crippen LogP contribution is 2.38. The van der Waals surface area contributed by atoms with Crippen LogP contribution >= 0.6 is 7.82 Å². The van der Waals surface area contributed by atoms with Crippen LogP contribution in [0.2, 0.25) is 0 Å². The van der Waals surface area contributed by atoms with E-state index in [-0.39, 0.29) is 30.1 Å².